The van der Waals surface area contributed by atoms with E-state index < -0.39 is 0 Å². The molecule has 6 nitrogen and oxygen atoms in total. The van der Waals surface area contributed by atoms with Crippen LogP contribution in [0, 0.1) is 11.8 Å². The molecule has 0 unspecified atom stereocenters. The Morgan fingerprint density at radius 3 is 2.26 bits per heavy atom. The minimum atomic E-state index is -0.0334. The summed E-state index contributed by atoms with van der Waals surface area (Å²) in [6.07, 6.45) is 18.3. The van der Waals surface area contributed by atoms with Crippen LogP contribution in [-0.2, 0) is 28.0 Å². The molecule has 0 aromatic heterocycles. The summed E-state index contributed by atoms with van der Waals surface area (Å²) in [5, 5.41) is 3.10. The number of fused-ring (bicyclic) bond motifs is 4. The zero-order chi connectivity index (χ0) is 39.6. The van der Waals surface area contributed by atoms with Gasteiger partial charge in [-0.25, -0.2) is 0 Å². The highest BCUT2D eigenvalue weighted by Gasteiger charge is 2.42. The van der Waals surface area contributed by atoms with Gasteiger partial charge in [-0.05, 0) is 81.0 Å². The van der Waals surface area contributed by atoms with Gasteiger partial charge in [0.2, 0.25) is 17.5 Å². The van der Waals surface area contributed by atoms with Crippen LogP contribution < -0.4 is 15.1 Å². The van der Waals surface area contributed by atoms with Crippen molar-refractivity contribution in [3.05, 3.63) is 161 Å². The molecular formula is C51H55N4O2+. The van der Waals surface area contributed by atoms with Gasteiger partial charge in [-0.3, -0.25) is 9.59 Å². The van der Waals surface area contributed by atoms with Crippen molar-refractivity contribution in [2.45, 2.75) is 83.6 Å². The van der Waals surface area contributed by atoms with Gasteiger partial charge in [-0.15, -0.1) is 0 Å². The van der Waals surface area contributed by atoms with Crippen molar-refractivity contribution in [2.75, 3.05) is 29.9 Å². The van der Waals surface area contributed by atoms with E-state index in [0.29, 0.717) is 25.9 Å². The normalized spacial score (nSPS) is 15.9. The summed E-state index contributed by atoms with van der Waals surface area (Å²) in [4.78, 5) is 30.5. The molecule has 0 spiro atoms. The first kappa shape index (κ1) is 39.3. The number of allylic oxidation sites excluding steroid dienone is 6. The fraction of sp³-hybridized carbons (Fsp3) is 0.314. The molecule has 4 aromatic rings. The number of unbranched alkanes of at least 4 members (excludes halogenated alkanes) is 4. The van der Waals surface area contributed by atoms with Crippen LogP contribution in [-0.4, -0.2) is 42.2 Å². The van der Waals surface area contributed by atoms with E-state index in [1.165, 1.54) is 33.9 Å². The minimum absolute atomic E-state index is 0.0334. The van der Waals surface area contributed by atoms with Gasteiger partial charge in [-0.1, -0.05) is 110 Å². The first-order valence-corrected chi connectivity index (χ1v) is 20.7. The Balaban J connectivity index is 0.814. The van der Waals surface area contributed by atoms with E-state index in [1.54, 1.807) is 0 Å². The van der Waals surface area contributed by atoms with Gasteiger partial charge in [-0.2, -0.15) is 4.58 Å². The predicted octanol–water partition coefficient (Wildman–Crippen LogP) is 9.94. The molecule has 0 bridgehead atoms. The fourth-order valence-corrected chi connectivity index (χ4v) is 8.43. The van der Waals surface area contributed by atoms with E-state index in [4.69, 9.17) is 0 Å². The maximum atomic E-state index is 13.5. The average Bonchev–Trinajstić information content (AvgIpc) is 3.66. The van der Waals surface area contributed by atoms with E-state index in [2.05, 4.69) is 133 Å². The second kappa shape index (κ2) is 18.3. The van der Waals surface area contributed by atoms with Crippen molar-refractivity contribution in [1.29, 1.82) is 0 Å². The number of amides is 2. The van der Waals surface area contributed by atoms with Crippen molar-refractivity contribution in [1.82, 2.24) is 5.32 Å². The van der Waals surface area contributed by atoms with Gasteiger partial charge in [0.1, 0.15) is 7.05 Å². The number of anilines is 2. The third kappa shape index (κ3) is 9.21. The van der Waals surface area contributed by atoms with Crippen LogP contribution in [0.4, 0.5) is 17.1 Å². The third-order valence-corrected chi connectivity index (χ3v) is 11.6. The van der Waals surface area contributed by atoms with Crippen LogP contribution in [0.3, 0.4) is 0 Å². The second-order valence-corrected chi connectivity index (χ2v) is 15.8. The maximum Gasteiger partial charge on any atom is 0.227 e. The highest BCUT2D eigenvalue weighted by molar-refractivity contribution is 6.03. The Morgan fingerprint density at radius 2 is 1.42 bits per heavy atom. The summed E-state index contributed by atoms with van der Waals surface area (Å²) in [6.45, 7) is 6.68. The number of para-hydroxylation sites is 3. The molecule has 0 fully saturated rings. The molecule has 0 aliphatic carbocycles. The lowest BCUT2D eigenvalue weighted by atomic mass is 9.81. The summed E-state index contributed by atoms with van der Waals surface area (Å²) in [7, 11) is 2.15. The number of hydrogen-bond donors (Lipinski definition) is 1. The highest BCUT2D eigenvalue weighted by atomic mass is 16.2. The maximum absolute atomic E-state index is 13.5. The summed E-state index contributed by atoms with van der Waals surface area (Å²) in [6, 6.07) is 33.3. The Kier molecular flexibility index (Phi) is 12.7. The zero-order valence-corrected chi connectivity index (χ0v) is 33.8. The highest BCUT2D eigenvalue weighted by Crippen LogP contribution is 2.39. The molecule has 0 radical (unpaired) electrons. The average molecular weight is 756 g/mol. The molecule has 0 saturated carbocycles. The van der Waals surface area contributed by atoms with Crippen molar-refractivity contribution in [3.63, 3.8) is 0 Å². The summed E-state index contributed by atoms with van der Waals surface area (Å²) < 4.78 is 2.30. The van der Waals surface area contributed by atoms with Crippen LogP contribution in [0.15, 0.2) is 133 Å². The fourth-order valence-electron chi connectivity index (χ4n) is 8.43. The van der Waals surface area contributed by atoms with Crippen LogP contribution in [0.25, 0.3) is 0 Å². The van der Waals surface area contributed by atoms with E-state index >= 15 is 0 Å². The van der Waals surface area contributed by atoms with Crippen molar-refractivity contribution < 1.29 is 14.2 Å². The SMILES string of the molecule is C[N+]1=C(/C=C/C=C/C=C2\Cc3ccccc3N2CCCCCC(=O)NCCCCCC(=O)N2Cc3ccccc3C#Cc3ccccc32)C(C)(C)c2ccccc21. The van der Waals surface area contributed by atoms with Crippen LogP contribution in [0.5, 0.6) is 0 Å². The molecule has 1 N–H and O–H groups in total. The standard InChI is InChI=1S/C51H54N4O2/c1-51(2)44-26-15-18-29-47(44)53(3)48(51)30-8-4-7-25-43-37-41-23-14-17-28-46(41)54(43)36-20-6-9-31-49(56)52-35-19-5-10-32-50(57)55-38-42-24-12-11-21-39(42)33-34-40-22-13-16-27-45(40)55/h4,7-8,11-18,21-30H,5-6,9-10,19-20,31-32,35-38H2,1-3H3/p+1. The third-order valence-electron chi connectivity index (χ3n) is 11.6. The van der Waals surface area contributed by atoms with Gasteiger partial charge >= 0.3 is 0 Å². The zero-order valence-electron chi connectivity index (χ0n) is 33.8. The largest absolute Gasteiger partial charge is 0.356 e. The molecule has 3 heterocycles. The van der Waals surface area contributed by atoms with E-state index in [0.717, 1.165) is 73.9 Å². The topological polar surface area (TPSA) is 55.7 Å². The van der Waals surface area contributed by atoms with Crippen molar-refractivity contribution in [2.24, 2.45) is 0 Å². The molecule has 0 atom stereocenters. The van der Waals surface area contributed by atoms with Crippen LogP contribution >= 0.6 is 0 Å². The molecule has 6 heteroatoms. The molecule has 3 aliphatic rings. The van der Waals surface area contributed by atoms with E-state index in [9.17, 15) is 9.59 Å². The number of benzene rings is 4. The lowest BCUT2D eigenvalue weighted by Gasteiger charge is -2.26. The number of carbonyl (C=O) groups is 2. The number of hydrogen-bond acceptors (Lipinski definition) is 3. The van der Waals surface area contributed by atoms with Crippen LogP contribution in [0.1, 0.15) is 93.0 Å². The van der Waals surface area contributed by atoms with Crippen molar-refractivity contribution >= 4 is 34.6 Å². The Hall–Kier alpha value is -5.93. The number of nitrogens with zero attached hydrogens (tertiary/aromatic N) is 3. The number of nitrogens with one attached hydrogen (secondary N) is 1. The smallest absolute Gasteiger partial charge is 0.227 e. The van der Waals surface area contributed by atoms with Gasteiger partial charge in [0, 0.05) is 72.6 Å². The molecule has 2 amide bonds. The second-order valence-electron chi connectivity index (χ2n) is 15.8. The molecule has 3 aliphatic heterocycles. The monoisotopic (exact) mass is 755 g/mol. The molecule has 290 valence electrons. The van der Waals surface area contributed by atoms with Crippen molar-refractivity contribution in [3.8, 4) is 11.8 Å². The lowest BCUT2D eigenvalue weighted by Crippen LogP contribution is -2.31. The number of carbonyl (C=O) groups excluding carboxylic acids is 2. The Labute approximate surface area is 339 Å². The number of rotatable bonds is 15. The van der Waals surface area contributed by atoms with E-state index in [-0.39, 0.29) is 17.2 Å². The van der Waals surface area contributed by atoms with Crippen LogP contribution in [0.2, 0.25) is 0 Å². The quantitative estimate of drug-likeness (QED) is 0.0569. The molecular weight excluding hydrogens is 701 g/mol. The van der Waals surface area contributed by atoms with Gasteiger partial charge in [0.05, 0.1) is 17.6 Å². The Morgan fingerprint density at radius 1 is 0.737 bits per heavy atom. The Bertz CT molecular complexity index is 2300. The lowest BCUT2D eigenvalue weighted by molar-refractivity contribution is -0.401. The molecule has 57 heavy (non-hydrogen) atoms. The van der Waals surface area contributed by atoms with Gasteiger partial charge < -0.3 is 15.1 Å². The first-order chi connectivity index (χ1) is 27.8. The summed E-state index contributed by atoms with van der Waals surface area (Å²) >= 11 is 0. The first-order valence-electron chi connectivity index (χ1n) is 20.7. The van der Waals surface area contributed by atoms with Gasteiger partial charge in [0.25, 0.3) is 0 Å². The summed E-state index contributed by atoms with van der Waals surface area (Å²) in [5.74, 6) is 6.77. The predicted molar refractivity (Wildman–Crippen MR) is 234 cm³/mol. The van der Waals surface area contributed by atoms with Gasteiger partial charge in [0.15, 0.2) is 5.71 Å². The minimum Gasteiger partial charge on any atom is -0.356 e. The molecule has 7 rings (SSSR count). The summed E-state index contributed by atoms with van der Waals surface area (Å²) in [5.41, 5.74) is 11.7. The van der Waals surface area contributed by atoms with E-state index in [1.807, 2.05) is 47.4 Å². The molecule has 4 aromatic carbocycles. The molecule has 0 saturated heterocycles.